The highest BCUT2D eigenvalue weighted by Gasteiger charge is 2.15. The van der Waals surface area contributed by atoms with Crippen LogP contribution in [0.3, 0.4) is 0 Å². The fraction of sp³-hybridized carbons (Fsp3) is 0.333. The van der Waals surface area contributed by atoms with Crippen LogP contribution in [0.25, 0.3) is 16.5 Å². The number of nitrogens with one attached hydrogen (secondary N) is 2. The number of rotatable bonds is 8. The van der Waals surface area contributed by atoms with Crippen molar-refractivity contribution < 1.29 is 0 Å². The molecular formula is C24H29N5. The van der Waals surface area contributed by atoms with Crippen molar-refractivity contribution in [3.05, 3.63) is 77.6 Å². The monoisotopic (exact) mass is 387 g/mol. The maximum Gasteiger partial charge on any atom is 0.106 e. The van der Waals surface area contributed by atoms with Gasteiger partial charge in [-0.15, -0.1) is 0 Å². The molecule has 0 aliphatic rings. The van der Waals surface area contributed by atoms with Crippen LogP contribution in [0, 0.1) is 6.92 Å². The summed E-state index contributed by atoms with van der Waals surface area (Å²) in [4.78, 5) is 7.91. The standard InChI is InChI=1S/C24H29N5/c1-4-5-13-24-26-15-20(28-24)14-25-17(2)22-16-27-29(18(22)3)23-12-8-10-19-9-6-7-11-21(19)23/h6-12,15-17,25H,4-5,13-14H2,1-3H3,(H,26,28). The minimum Gasteiger partial charge on any atom is -0.345 e. The number of imidazole rings is 1. The summed E-state index contributed by atoms with van der Waals surface area (Å²) in [5.41, 5.74) is 4.62. The fourth-order valence-electron chi connectivity index (χ4n) is 3.82. The van der Waals surface area contributed by atoms with Gasteiger partial charge >= 0.3 is 0 Å². The van der Waals surface area contributed by atoms with Gasteiger partial charge in [0.05, 0.1) is 11.9 Å². The number of aryl methyl sites for hydroxylation is 1. The summed E-state index contributed by atoms with van der Waals surface area (Å²) in [5, 5.41) is 10.8. The second kappa shape index (κ2) is 8.62. The quantitative estimate of drug-likeness (QED) is 0.434. The van der Waals surface area contributed by atoms with Crippen LogP contribution in [0.2, 0.25) is 0 Å². The number of aromatic nitrogens is 4. The molecule has 0 aliphatic heterocycles. The van der Waals surface area contributed by atoms with Crippen LogP contribution in [-0.2, 0) is 13.0 Å². The largest absolute Gasteiger partial charge is 0.345 e. The van der Waals surface area contributed by atoms with E-state index in [1.807, 2.05) is 12.4 Å². The molecule has 0 amide bonds. The minimum absolute atomic E-state index is 0.195. The van der Waals surface area contributed by atoms with Crippen LogP contribution >= 0.6 is 0 Å². The molecule has 0 bridgehead atoms. The van der Waals surface area contributed by atoms with E-state index in [0.29, 0.717) is 0 Å². The van der Waals surface area contributed by atoms with E-state index in [1.54, 1.807) is 0 Å². The fourth-order valence-corrected chi connectivity index (χ4v) is 3.82. The van der Waals surface area contributed by atoms with Gasteiger partial charge in [0.15, 0.2) is 0 Å². The molecule has 4 aromatic rings. The summed E-state index contributed by atoms with van der Waals surface area (Å²) in [5.74, 6) is 1.08. The summed E-state index contributed by atoms with van der Waals surface area (Å²) < 4.78 is 2.05. The SMILES string of the molecule is CCCCc1ncc(CNC(C)c2cnn(-c3cccc4ccccc34)c2C)[nH]1. The van der Waals surface area contributed by atoms with E-state index in [9.17, 15) is 0 Å². The number of nitrogens with zero attached hydrogens (tertiary/aromatic N) is 3. The first-order valence-corrected chi connectivity index (χ1v) is 10.5. The maximum atomic E-state index is 4.71. The third kappa shape index (κ3) is 4.10. The molecule has 5 nitrogen and oxygen atoms in total. The number of unbranched alkanes of at least 4 members (excludes halogenated alkanes) is 1. The molecule has 4 rings (SSSR count). The predicted octanol–water partition coefficient (Wildman–Crippen LogP) is 5.25. The van der Waals surface area contributed by atoms with E-state index >= 15 is 0 Å². The Bertz CT molecular complexity index is 1090. The van der Waals surface area contributed by atoms with Crippen molar-refractivity contribution in [3.63, 3.8) is 0 Å². The van der Waals surface area contributed by atoms with E-state index in [0.717, 1.165) is 35.9 Å². The van der Waals surface area contributed by atoms with Crippen LogP contribution in [0.15, 0.2) is 54.9 Å². The van der Waals surface area contributed by atoms with E-state index in [-0.39, 0.29) is 6.04 Å². The zero-order valence-electron chi connectivity index (χ0n) is 17.4. The molecule has 0 aliphatic carbocycles. The number of fused-ring (bicyclic) bond motifs is 1. The van der Waals surface area contributed by atoms with Gasteiger partial charge in [0.25, 0.3) is 0 Å². The molecule has 2 N–H and O–H groups in total. The van der Waals surface area contributed by atoms with Gasteiger partial charge in [0.1, 0.15) is 5.82 Å². The highest BCUT2D eigenvalue weighted by molar-refractivity contribution is 5.90. The topological polar surface area (TPSA) is 58.5 Å². The highest BCUT2D eigenvalue weighted by atomic mass is 15.3. The average Bonchev–Trinajstić information content (AvgIpc) is 3.36. The summed E-state index contributed by atoms with van der Waals surface area (Å²) in [6.45, 7) is 7.29. The summed E-state index contributed by atoms with van der Waals surface area (Å²) in [7, 11) is 0. The zero-order chi connectivity index (χ0) is 20.2. The van der Waals surface area contributed by atoms with Crippen LogP contribution in [0.1, 0.15) is 55.5 Å². The molecular weight excluding hydrogens is 358 g/mol. The average molecular weight is 388 g/mol. The maximum absolute atomic E-state index is 4.71. The van der Waals surface area contributed by atoms with Gasteiger partial charge in [-0.2, -0.15) is 5.10 Å². The summed E-state index contributed by atoms with van der Waals surface area (Å²) in [6, 6.07) is 15.0. The lowest BCUT2D eigenvalue weighted by molar-refractivity contribution is 0.565. The van der Waals surface area contributed by atoms with Crippen LogP contribution < -0.4 is 5.32 Å². The lowest BCUT2D eigenvalue weighted by Crippen LogP contribution is -2.19. The Morgan fingerprint density at radius 3 is 2.79 bits per heavy atom. The van der Waals surface area contributed by atoms with Crippen molar-refractivity contribution in [2.24, 2.45) is 0 Å². The molecule has 2 aromatic carbocycles. The van der Waals surface area contributed by atoms with Crippen LogP contribution in [-0.4, -0.2) is 19.7 Å². The molecule has 0 spiro atoms. The first-order chi connectivity index (χ1) is 14.2. The van der Waals surface area contributed by atoms with Gasteiger partial charge in [-0.1, -0.05) is 49.7 Å². The summed E-state index contributed by atoms with van der Waals surface area (Å²) >= 11 is 0. The Labute approximate surface area is 172 Å². The molecule has 0 fully saturated rings. The smallest absolute Gasteiger partial charge is 0.106 e. The third-order valence-corrected chi connectivity index (χ3v) is 5.56. The van der Waals surface area contributed by atoms with E-state index in [4.69, 9.17) is 5.10 Å². The Morgan fingerprint density at radius 2 is 1.93 bits per heavy atom. The molecule has 5 heteroatoms. The first-order valence-electron chi connectivity index (χ1n) is 10.5. The highest BCUT2D eigenvalue weighted by Crippen LogP contribution is 2.26. The molecule has 2 aromatic heterocycles. The Hall–Kier alpha value is -2.92. The van der Waals surface area contributed by atoms with Gasteiger partial charge in [-0.05, 0) is 31.7 Å². The zero-order valence-corrected chi connectivity index (χ0v) is 17.4. The number of aromatic amines is 1. The second-order valence-electron chi connectivity index (χ2n) is 7.66. The number of hydrogen-bond donors (Lipinski definition) is 2. The third-order valence-electron chi connectivity index (χ3n) is 5.56. The van der Waals surface area contributed by atoms with Crippen LogP contribution in [0.5, 0.6) is 0 Å². The second-order valence-corrected chi connectivity index (χ2v) is 7.66. The van der Waals surface area contributed by atoms with Gasteiger partial charge < -0.3 is 10.3 Å². The van der Waals surface area contributed by atoms with Crippen molar-refractivity contribution in [1.29, 1.82) is 0 Å². The first kappa shape index (κ1) is 19.4. The molecule has 0 saturated carbocycles. The lowest BCUT2D eigenvalue weighted by Gasteiger charge is -2.14. The van der Waals surface area contributed by atoms with Crippen molar-refractivity contribution in [1.82, 2.24) is 25.1 Å². The van der Waals surface area contributed by atoms with E-state index < -0.39 is 0 Å². The molecule has 0 saturated heterocycles. The van der Waals surface area contributed by atoms with E-state index in [1.165, 1.54) is 29.2 Å². The van der Waals surface area contributed by atoms with Gasteiger partial charge in [0.2, 0.25) is 0 Å². The van der Waals surface area contributed by atoms with Crippen LogP contribution in [0.4, 0.5) is 0 Å². The predicted molar refractivity (Wildman–Crippen MR) is 118 cm³/mol. The summed E-state index contributed by atoms with van der Waals surface area (Å²) in [6.07, 6.45) is 7.29. The number of benzene rings is 2. The Balaban J connectivity index is 1.50. The molecule has 29 heavy (non-hydrogen) atoms. The van der Waals surface area contributed by atoms with Gasteiger partial charge in [-0.3, -0.25) is 0 Å². The van der Waals surface area contributed by atoms with Gasteiger partial charge in [0, 0.05) is 47.5 Å². The van der Waals surface area contributed by atoms with Crippen molar-refractivity contribution in [3.8, 4) is 5.69 Å². The van der Waals surface area contributed by atoms with Crippen molar-refractivity contribution >= 4 is 10.8 Å². The lowest BCUT2D eigenvalue weighted by atomic mass is 10.1. The van der Waals surface area contributed by atoms with E-state index in [2.05, 4.69) is 83.2 Å². The van der Waals surface area contributed by atoms with Gasteiger partial charge in [-0.25, -0.2) is 9.67 Å². The van der Waals surface area contributed by atoms with Crippen molar-refractivity contribution in [2.45, 2.75) is 52.6 Å². The number of hydrogen-bond acceptors (Lipinski definition) is 3. The normalized spacial score (nSPS) is 12.5. The number of H-pyrrole nitrogens is 1. The molecule has 2 heterocycles. The Morgan fingerprint density at radius 1 is 1.10 bits per heavy atom. The molecule has 0 radical (unpaired) electrons. The molecule has 1 atom stereocenters. The van der Waals surface area contributed by atoms with Crippen molar-refractivity contribution in [2.75, 3.05) is 0 Å². The molecule has 1 unspecified atom stereocenters. The minimum atomic E-state index is 0.195. The molecule has 150 valence electrons. The Kier molecular flexibility index (Phi) is 5.76.